The second kappa shape index (κ2) is 5.42. The summed E-state index contributed by atoms with van der Waals surface area (Å²) in [6, 6.07) is 1.43. The fourth-order valence-electron chi connectivity index (χ4n) is 2.56. The summed E-state index contributed by atoms with van der Waals surface area (Å²) >= 11 is 3.18. The second-order valence-corrected chi connectivity index (χ2v) is 5.96. The minimum atomic E-state index is -0.753. The molecule has 2 rings (SSSR count). The van der Waals surface area contributed by atoms with Gasteiger partial charge in [0, 0.05) is 30.3 Å². The Kier molecular flexibility index (Phi) is 4.05. The summed E-state index contributed by atoms with van der Waals surface area (Å²) in [5.74, 6) is 0.286. The fraction of sp³-hybridized carbons (Fsp3) is 0.583. The van der Waals surface area contributed by atoms with E-state index in [1.165, 1.54) is 12.3 Å². The monoisotopic (exact) mass is 329 g/mol. The van der Waals surface area contributed by atoms with Gasteiger partial charge in [0.05, 0.1) is 10.5 Å². The largest absolute Gasteiger partial charge is 0.388 e. The number of aromatic nitrogens is 1. The molecular formula is C12H16BrN3O3. The zero-order chi connectivity index (χ0) is 14.0. The van der Waals surface area contributed by atoms with Gasteiger partial charge >= 0.3 is 5.69 Å². The third-order valence-corrected chi connectivity index (χ3v) is 3.87. The van der Waals surface area contributed by atoms with Crippen molar-refractivity contribution in [3.05, 3.63) is 26.9 Å². The van der Waals surface area contributed by atoms with E-state index in [1.807, 2.05) is 0 Å². The maximum atomic E-state index is 11.1. The Bertz CT molecular complexity index is 489. The molecule has 0 unspecified atom stereocenters. The third-order valence-electron chi connectivity index (χ3n) is 3.44. The first-order chi connectivity index (χ1) is 8.91. The molecule has 0 spiro atoms. The number of nitrogens with zero attached hydrogens (tertiary/aromatic N) is 3. The highest BCUT2D eigenvalue weighted by Gasteiger charge is 2.34. The molecule has 7 heteroatoms. The van der Waals surface area contributed by atoms with Crippen molar-refractivity contribution >= 4 is 27.4 Å². The first-order valence-electron chi connectivity index (χ1n) is 6.15. The zero-order valence-electron chi connectivity index (χ0n) is 10.7. The van der Waals surface area contributed by atoms with Crippen LogP contribution in [0.4, 0.5) is 11.5 Å². The van der Waals surface area contributed by atoms with Crippen molar-refractivity contribution in [2.24, 2.45) is 0 Å². The average molecular weight is 330 g/mol. The number of likely N-dealkylation sites (N-methyl/N-ethyl adjacent to an activating group) is 1. The lowest BCUT2D eigenvalue weighted by Gasteiger charge is -2.29. The molecule has 19 heavy (non-hydrogen) atoms. The first-order valence-corrected chi connectivity index (χ1v) is 6.94. The van der Waals surface area contributed by atoms with Gasteiger partial charge in [0.1, 0.15) is 0 Å². The molecule has 0 atom stereocenters. The average Bonchev–Trinajstić information content (AvgIpc) is 2.75. The molecular weight excluding hydrogens is 314 g/mol. The Labute approximate surface area is 119 Å². The molecule has 1 heterocycles. The molecule has 1 saturated carbocycles. The van der Waals surface area contributed by atoms with Gasteiger partial charge in [-0.3, -0.25) is 10.1 Å². The normalized spacial score (nSPS) is 17.4. The van der Waals surface area contributed by atoms with Gasteiger partial charge in [0.2, 0.25) is 5.82 Å². The van der Waals surface area contributed by atoms with Crippen molar-refractivity contribution in [2.75, 3.05) is 18.5 Å². The Hall–Kier alpha value is -1.21. The van der Waals surface area contributed by atoms with Crippen molar-refractivity contribution in [3.63, 3.8) is 0 Å². The summed E-state index contributed by atoms with van der Waals surface area (Å²) in [4.78, 5) is 16.4. The molecule has 1 aromatic rings. The predicted octanol–water partition coefficient (Wildman–Crippen LogP) is 2.49. The molecule has 1 fully saturated rings. The van der Waals surface area contributed by atoms with Crippen molar-refractivity contribution in [2.45, 2.75) is 31.3 Å². The number of nitro groups is 1. The zero-order valence-corrected chi connectivity index (χ0v) is 12.3. The van der Waals surface area contributed by atoms with Crippen LogP contribution >= 0.6 is 15.9 Å². The van der Waals surface area contributed by atoms with Crippen LogP contribution in [0.25, 0.3) is 0 Å². The SMILES string of the molecule is CN(CC1(O)CCCC1)c1ncc(Br)cc1[N+](=O)[O-]. The smallest absolute Gasteiger partial charge is 0.312 e. The van der Waals surface area contributed by atoms with Gasteiger partial charge in [0.15, 0.2) is 0 Å². The molecule has 0 radical (unpaired) electrons. The molecule has 0 bridgehead atoms. The number of anilines is 1. The van der Waals surface area contributed by atoms with E-state index in [0.717, 1.165) is 25.7 Å². The predicted molar refractivity (Wildman–Crippen MR) is 75.3 cm³/mol. The summed E-state index contributed by atoms with van der Waals surface area (Å²) in [6.07, 6.45) is 5.00. The molecule has 0 aromatic carbocycles. The van der Waals surface area contributed by atoms with Gasteiger partial charge in [-0.25, -0.2) is 4.98 Å². The Morgan fingerprint density at radius 1 is 1.58 bits per heavy atom. The van der Waals surface area contributed by atoms with Gasteiger partial charge in [-0.1, -0.05) is 12.8 Å². The van der Waals surface area contributed by atoms with E-state index in [2.05, 4.69) is 20.9 Å². The molecule has 0 aliphatic heterocycles. The van der Waals surface area contributed by atoms with E-state index in [1.54, 1.807) is 11.9 Å². The molecule has 0 saturated heterocycles. The molecule has 1 N–H and O–H groups in total. The molecule has 1 aliphatic carbocycles. The minimum absolute atomic E-state index is 0.0570. The summed E-state index contributed by atoms with van der Waals surface area (Å²) < 4.78 is 0.566. The van der Waals surface area contributed by atoms with E-state index >= 15 is 0 Å². The van der Waals surface area contributed by atoms with Crippen LogP contribution in [-0.4, -0.2) is 34.2 Å². The molecule has 0 amide bonds. The highest BCUT2D eigenvalue weighted by atomic mass is 79.9. The van der Waals surface area contributed by atoms with Gasteiger partial charge in [-0.05, 0) is 28.8 Å². The van der Waals surface area contributed by atoms with Crippen LogP contribution in [0.1, 0.15) is 25.7 Å². The Morgan fingerprint density at radius 3 is 2.79 bits per heavy atom. The van der Waals surface area contributed by atoms with Crippen LogP contribution in [0.2, 0.25) is 0 Å². The number of hydrogen-bond acceptors (Lipinski definition) is 5. The summed E-state index contributed by atoms with van der Waals surface area (Å²) in [7, 11) is 1.72. The van der Waals surface area contributed by atoms with E-state index < -0.39 is 10.5 Å². The Balaban J connectivity index is 2.23. The van der Waals surface area contributed by atoms with Gasteiger partial charge < -0.3 is 10.0 Å². The van der Waals surface area contributed by atoms with Crippen molar-refractivity contribution in [1.29, 1.82) is 0 Å². The number of aliphatic hydroxyl groups is 1. The minimum Gasteiger partial charge on any atom is -0.388 e. The van der Waals surface area contributed by atoms with Crippen LogP contribution in [0.3, 0.4) is 0 Å². The highest BCUT2D eigenvalue weighted by molar-refractivity contribution is 9.10. The van der Waals surface area contributed by atoms with Gasteiger partial charge in [-0.15, -0.1) is 0 Å². The van der Waals surface area contributed by atoms with E-state index in [-0.39, 0.29) is 11.5 Å². The maximum absolute atomic E-state index is 11.1. The van der Waals surface area contributed by atoms with E-state index in [4.69, 9.17) is 0 Å². The van der Waals surface area contributed by atoms with Crippen LogP contribution in [0.5, 0.6) is 0 Å². The van der Waals surface area contributed by atoms with Crippen molar-refractivity contribution in [3.8, 4) is 0 Å². The number of rotatable bonds is 4. The number of halogens is 1. The topological polar surface area (TPSA) is 79.5 Å². The number of hydrogen-bond donors (Lipinski definition) is 1. The molecule has 1 aromatic heterocycles. The van der Waals surface area contributed by atoms with Crippen LogP contribution < -0.4 is 4.90 Å². The summed E-state index contributed by atoms with van der Waals surface area (Å²) in [5.41, 5.74) is -0.810. The summed E-state index contributed by atoms with van der Waals surface area (Å²) in [6.45, 7) is 0.364. The molecule has 1 aliphatic rings. The second-order valence-electron chi connectivity index (χ2n) is 5.04. The van der Waals surface area contributed by atoms with Crippen LogP contribution in [-0.2, 0) is 0 Å². The lowest BCUT2D eigenvalue weighted by atomic mass is 10.0. The van der Waals surface area contributed by atoms with E-state index in [9.17, 15) is 15.2 Å². The van der Waals surface area contributed by atoms with Crippen molar-refractivity contribution in [1.82, 2.24) is 4.98 Å². The lowest BCUT2D eigenvalue weighted by Crippen LogP contribution is -2.39. The van der Waals surface area contributed by atoms with Crippen molar-refractivity contribution < 1.29 is 10.0 Å². The van der Waals surface area contributed by atoms with Gasteiger partial charge in [0.25, 0.3) is 0 Å². The van der Waals surface area contributed by atoms with E-state index in [0.29, 0.717) is 11.0 Å². The van der Waals surface area contributed by atoms with Gasteiger partial charge in [-0.2, -0.15) is 0 Å². The Morgan fingerprint density at radius 2 is 2.21 bits per heavy atom. The quantitative estimate of drug-likeness (QED) is 0.678. The summed E-state index contributed by atoms with van der Waals surface area (Å²) in [5, 5.41) is 21.4. The van der Waals surface area contributed by atoms with Crippen LogP contribution in [0, 0.1) is 10.1 Å². The van der Waals surface area contributed by atoms with Crippen LogP contribution in [0.15, 0.2) is 16.7 Å². The fourth-order valence-corrected chi connectivity index (χ4v) is 2.88. The third kappa shape index (κ3) is 3.22. The molecule has 104 valence electrons. The maximum Gasteiger partial charge on any atom is 0.312 e. The standard InChI is InChI=1S/C12H16BrN3O3/c1-15(8-12(17)4-2-3-5-12)11-10(16(18)19)6-9(13)7-14-11/h6-7,17H,2-5,8H2,1H3. The highest BCUT2D eigenvalue weighted by Crippen LogP contribution is 2.33. The first kappa shape index (κ1) is 14.2. The lowest BCUT2D eigenvalue weighted by molar-refractivity contribution is -0.384. The number of pyridine rings is 1. The molecule has 6 nitrogen and oxygen atoms in total.